The van der Waals surface area contributed by atoms with Gasteiger partial charge in [0.15, 0.2) is 5.82 Å². The molecule has 3 N–H and O–H groups in total. The van der Waals surface area contributed by atoms with Crippen LogP contribution < -0.4 is 5.73 Å². The first kappa shape index (κ1) is 16.7. The molecule has 7 heteroatoms. The molecule has 25 heavy (non-hydrogen) atoms. The molecular weight excluding hydrogens is 320 g/mol. The van der Waals surface area contributed by atoms with E-state index in [1.165, 1.54) is 4.90 Å². The lowest BCUT2D eigenvalue weighted by Gasteiger charge is -2.13. The number of rotatable bonds is 2. The second-order valence-corrected chi connectivity index (χ2v) is 6.09. The highest BCUT2D eigenvalue weighted by atomic mass is 16.3. The van der Waals surface area contributed by atoms with Gasteiger partial charge in [0.05, 0.1) is 5.69 Å². The van der Waals surface area contributed by atoms with Crippen LogP contribution in [0, 0.1) is 11.8 Å². The van der Waals surface area contributed by atoms with Crippen LogP contribution in [0.1, 0.15) is 22.6 Å². The number of carbonyl (C=O) groups excluding carboxylic acids is 2. The van der Waals surface area contributed by atoms with Crippen molar-refractivity contribution < 1.29 is 14.7 Å². The average molecular weight is 338 g/mol. The van der Waals surface area contributed by atoms with Crippen molar-refractivity contribution in [2.75, 3.05) is 13.6 Å². The maximum Gasteiger partial charge on any atom is 0.284 e. The van der Waals surface area contributed by atoms with Gasteiger partial charge in [-0.1, -0.05) is 24.0 Å². The summed E-state index contributed by atoms with van der Waals surface area (Å²) < 4.78 is 1.56. The van der Waals surface area contributed by atoms with Gasteiger partial charge in [0, 0.05) is 44.4 Å². The number of nitrogens with two attached hydrogens (primary N) is 1. The van der Waals surface area contributed by atoms with Crippen LogP contribution in [-0.4, -0.2) is 50.6 Å². The first-order valence-electron chi connectivity index (χ1n) is 7.75. The van der Waals surface area contributed by atoms with E-state index in [-0.39, 0.29) is 18.2 Å². The summed E-state index contributed by atoms with van der Waals surface area (Å²) in [5, 5.41) is 10.3. The van der Waals surface area contributed by atoms with Gasteiger partial charge < -0.3 is 20.3 Å². The Morgan fingerprint density at radius 3 is 2.76 bits per heavy atom. The molecule has 1 aromatic heterocycles. The molecule has 1 aromatic carbocycles. The molecule has 2 amide bonds. The van der Waals surface area contributed by atoms with Gasteiger partial charge in [-0.05, 0) is 12.1 Å². The van der Waals surface area contributed by atoms with E-state index < -0.39 is 11.5 Å². The molecule has 2 aromatic rings. The number of aryl methyl sites for hydroxylation is 1. The molecule has 0 radical (unpaired) electrons. The molecule has 1 fully saturated rings. The quantitative estimate of drug-likeness (QED) is 0.760. The van der Waals surface area contributed by atoms with Gasteiger partial charge in [-0.3, -0.25) is 9.59 Å². The zero-order chi connectivity index (χ0) is 18.2. The van der Waals surface area contributed by atoms with Gasteiger partial charge in [-0.25, -0.2) is 4.98 Å². The van der Waals surface area contributed by atoms with E-state index in [4.69, 9.17) is 5.73 Å². The van der Waals surface area contributed by atoms with Crippen molar-refractivity contribution in [3.05, 3.63) is 41.9 Å². The summed E-state index contributed by atoms with van der Waals surface area (Å²) in [5.74, 6) is 4.72. The fourth-order valence-corrected chi connectivity index (χ4v) is 2.74. The van der Waals surface area contributed by atoms with Crippen LogP contribution in [0.3, 0.4) is 0 Å². The van der Waals surface area contributed by atoms with Crippen molar-refractivity contribution in [2.24, 2.45) is 12.8 Å². The number of likely N-dealkylation sites (tertiary alicyclic amines) is 1. The maximum atomic E-state index is 12.0. The minimum absolute atomic E-state index is 0.167. The Bertz CT molecular complexity index is 922. The number of primary amides is 1. The van der Waals surface area contributed by atoms with E-state index in [2.05, 4.69) is 16.8 Å². The normalized spacial score (nSPS) is 19.6. The van der Waals surface area contributed by atoms with Gasteiger partial charge in [-0.2, -0.15) is 0 Å². The van der Waals surface area contributed by atoms with Crippen molar-refractivity contribution >= 4 is 11.8 Å². The zero-order valence-electron chi connectivity index (χ0n) is 14.0. The number of likely N-dealkylation sites (N-methyl/N-ethyl adjacent to an activating group) is 1. The van der Waals surface area contributed by atoms with E-state index >= 15 is 0 Å². The van der Waals surface area contributed by atoms with Crippen molar-refractivity contribution in [1.29, 1.82) is 0 Å². The van der Waals surface area contributed by atoms with Crippen molar-refractivity contribution in [1.82, 2.24) is 14.5 Å². The van der Waals surface area contributed by atoms with Gasteiger partial charge in [0.25, 0.3) is 11.8 Å². The van der Waals surface area contributed by atoms with Crippen LogP contribution in [-0.2, 0) is 11.8 Å². The standard InChI is InChI=1S/C18H18N4O3/c1-21-9-8-18(25,17(21)24)7-6-12-4-3-5-13(10-12)14-11-22(2)16(20-14)15(19)23/h3-5,10-11,25H,8-9H2,1-2H3,(H2,19,23)/t18-/m0/s1. The Balaban J connectivity index is 1.91. The monoisotopic (exact) mass is 338 g/mol. The smallest absolute Gasteiger partial charge is 0.284 e. The largest absolute Gasteiger partial charge is 0.369 e. The van der Waals surface area contributed by atoms with Crippen molar-refractivity contribution in [3.8, 4) is 23.1 Å². The summed E-state index contributed by atoms with van der Waals surface area (Å²) in [6, 6.07) is 7.19. The topological polar surface area (TPSA) is 101 Å². The number of hydrogen-bond acceptors (Lipinski definition) is 4. The van der Waals surface area contributed by atoms with Gasteiger partial charge in [-0.15, -0.1) is 0 Å². The Kier molecular flexibility index (Phi) is 4.07. The summed E-state index contributed by atoms with van der Waals surface area (Å²) >= 11 is 0. The number of nitrogens with zero attached hydrogens (tertiary/aromatic N) is 3. The minimum Gasteiger partial charge on any atom is -0.369 e. The molecule has 1 atom stereocenters. The van der Waals surface area contributed by atoms with Gasteiger partial charge in [0.2, 0.25) is 5.60 Å². The number of carbonyl (C=O) groups is 2. The third-order valence-electron chi connectivity index (χ3n) is 4.18. The Labute approximate surface area is 145 Å². The molecule has 0 aliphatic carbocycles. The van der Waals surface area contributed by atoms with Crippen LogP contribution in [0.25, 0.3) is 11.3 Å². The molecule has 0 unspecified atom stereocenters. The molecule has 0 saturated carbocycles. The molecule has 2 heterocycles. The molecule has 128 valence electrons. The number of amides is 2. The van der Waals surface area contributed by atoms with Crippen LogP contribution >= 0.6 is 0 Å². The van der Waals surface area contributed by atoms with Crippen LogP contribution in [0.15, 0.2) is 30.5 Å². The van der Waals surface area contributed by atoms with E-state index in [1.54, 1.807) is 43.1 Å². The minimum atomic E-state index is -1.63. The Hall–Kier alpha value is -3.11. The molecule has 7 nitrogen and oxygen atoms in total. The molecule has 0 spiro atoms. The zero-order valence-corrected chi connectivity index (χ0v) is 14.0. The first-order chi connectivity index (χ1) is 11.8. The lowest BCUT2D eigenvalue weighted by Crippen LogP contribution is -2.37. The van der Waals surface area contributed by atoms with Crippen LogP contribution in [0.4, 0.5) is 0 Å². The lowest BCUT2D eigenvalue weighted by molar-refractivity contribution is -0.137. The van der Waals surface area contributed by atoms with E-state index in [1.807, 2.05) is 6.07 Å². The lowest BCUT2D eigenvalue weighted by atomic mass is 10.0. The highest BCUT2D eigenvalue weighted by Crippen LogP contribution is 2.22. The maximum absolute atomic E-state index is 12.0. The van der Waals surface area contributed by atoms with E-state index in [9.17, 15) is 14.7 Å². The highest BCUT2D eigenvalue weighted by molar-refractivity contribution is 5.91. The molecular formula is C18H18N4O3. The Morgan fingerprint density at radius 1 is 1.40 bits per heavy atom. The third-order valence-corrected chi connectivity index (χ3v) is 4.18. The van der Waals surface area contributed by atoms with E-state index in [0.29, 0.717) is 17.8 Å². The number of aliphatic hydroxyl groups is 1. The molecule has 1 aliphatic heterocycles. The fraction of sp³-hybridized carbons (Fsp3) is 0.278. The summed E-state index contributed by atoms with van der Waals surface area (Å²) in [6.07, 6.45) is 1.99. The SMILES string of the molecule is CN1CC[C@@](O)(C#Cc2cccc(-c3cn(C)c(C(N)=O)n3)c2)C1=O. The number of hydrogen-bond donors (Lipinski definition) is 2. The van der Waals surface area contributed by atoms with Gasteiger partial charge in [0.1, 0.15) is 0 Å². The molecule has 0 bridgehead atoms. The Morgan fingerprint density at radius 2 is 2.16 bits per heavy atom. The second kappa shape index (κ2) is 6.07. The summed E-state index contributed by atoms with van der Waals surface area (Å²) in [7, 11) is 3.33. The number of benzene rings is 1. The molecule has 1 aliphatic rings. The molecule has 1 saturated heterocycles. The summed E-state index contributed by atoms with van der Waals surface area (Å²) in [6.45, 7) is 0.480. The molecule has 3 rings (SSSR count). The second-order valence-electron chi connectivity index (χ2n) is 6.09. The average Bonchev–Trinajstić information content (AvgIpc) is 3.10. The van der Waals surface area contributed by atoms with Crippen LogP contribution in [0.2, 0.25) is 0 Å². The first-order valence-corrected chi connectivity index (χ1v) is 7.75. The van der Waals surface area contributed by atoms with E-state index in [0.717, 1.165) is 5.56 Å². The summed E-state index contributed by atoms with van der Waals surface area (Å²) in [5.41, 5.74) is 5.65. The highest BCUT2D eigenvalue weighted by Gasteiger charge is 2.42. The van der Waals surface area contributed by atoms with Gasteiger partial charge >= 0.3 is 0 Å². The van der Waals surface area contributed by atoms with Crippen molar-refractivity contribution in [3.63, 3.8) is 0 Å². The predicted octanol–water partition coefficient (Wildman–Crippen LogP) is 0.131. The van der Waals surface area contributed by atoms with Crippen LogP contribution in [0.5, 0.6) is 0 Å². The predicted molar refractivity (Wildman–Crippen MR) is 91.2 cm³/mol. The number of imidazole rings is 1. The summed E-state index contributed by atoms with van der Waals surface area (Å²) in [4.78, 5) is 29.0. The van der Waals surface area contributed by atoms with Crippen molar-refractivity contribution in [2.45, 2.75) is 12.0 Å². The fourth-order valence-electron chi connectivity index (χ4n) is 2.74. The third kappa shape index (κ3) is 3.12. The number of aromatic nitrogens is 2.